The fraction of sp³-hybridized carbons (Fsp3) is 0.450. The Labute approximate surface area is 156 Å². The summed E-state index contributed by atoms with van der Waals surface area (Å²) in [6.07, 6.45) is 2.07. The maximum atomic E-state index is 5.48. The van der Waals surface area contributed by atoms with Crippen LogP contribution in [0, 0.1) is 0 Å². The van der Waals surface area contributed by atoms with E-state index in [1.807, 2.05) is 7.05 Å². The predicted molar refractivity (Wildman–Crippen MR) is 107 cm³/mol. The second-order valence-electron chi connectivity index (χ2n) is 6.60. The topological polar surface area (TPSA) is 45.0 Å². The number of morpholine rings is 1. The molecule has 1 saturated heterocycles. The largest absolute Gasteiger partial charge is 0.378 e. The highest BCUT2D eigenvalue weighted by Gasteiger charge is 2.15. The van der Waals surface area contributed by atoms with E-state index >= 15 is 0 Å². The fourth-order valence-electron chi connectivity index (χ4n) is 3.31. The zero-order valence-corrected chi connectivity index (χ0v) is 16.0. The molecular weight excluding hydrogens is 326 g/mol. The zero-order valence-electron chi connectivity index (χ0n) is 16.0. The number of hydrogen-bond acceptors (Lipinski definition) is 3. The van der Waals surface area contributed by atoms with E-state index in [0.29, 0.717) is 0 Å². The van der Waals surface area contributed by atoms with Crippen LogP contribution in [0.1, 0.15) is 11.3 Å². The van der Waals surface area contributed by atoms with Gasteiger partial charge in [-0.15, -0.1) is 0 Å². The van der Waals surface area contributed by atoms with Gasteiger partial charge in [-0.2, -0.15) is 0 Å². The molecule has 3 rings (SSSR count). The normalized spacial score (nSPS) is 15.2. The number of nitrogens with one attached hydrogen (secondary N) is 1. The molecule has 0 saturated carbocycles. The number of nitrogens with zero attached hydrogens (tertiary/aromatic N) is 4. The van der Waals surface area contributed by atoms with Gasteiger partial charge in [0.25, 0.3) is 0 Å². The molecule has 6 nitrogen and oxygen atoms in total. The van der Waals surface area contributed by atoms with Crippen molar-refractivity contribution in [3.63, 3.8) is 0 Å². The molecule has 140 valence electrons. The van der Waals surface area contributed by atoms with E-state index in [1.54, 1.807) is 0 Å². The molecule has 26 heavy (non-hydrogen) atoms. The molecule has 2 aromatic rings. The highest BCUT2D eigenvalue weighted by atomic mass is 16.5. The molecule has 0 unspecified atom stereocenters. The molecule has 1 aliphatic rings. The van der Waals surface area contributed by atoms with Crippen LogP contribution in [0.5, 0.6) is 0 Å². The summed E-state index contributed by atoms with van der Waals surface area (Å²) in [5, 5.41) is 3.51. The van der Waals surface area contributed by atoms with Crippen molar-refractivity contribution in [2.45, 2.75) is 13.1 Å². The van der Waals surface area contributed by atoms with Crippen molar-refractivity contribution in [1.29, 1.82) is 0 Å². The quantitative estimate of drug-likeness (QED) is 0.659. The maximum Gasteiger partial charge on any atom is 0.194 e. The minimum absolute atomic E-state index is 0.748. The van der Waals surface area contributed by atoms with Crippen LogP contribution < -0.4 is 10.2 Å². The molecule has 1 N–H and O–H groups in total. The van der Waals surface area contributed by atoms with Crippen LogP contribution in [0.25, 0.3) is 0 Å². The molecule has 0 spiro atoms. The molecule has 0 amide bonds. The van der Waals surface area contributed by atoms with Gasteiger partial charge >= 0.3 is 0 Å². The fourth-order valence-corrected chi connectivity index (χ4v) is 3.31. The van der Waals surface area contributed by atoms with Crippen LogP contribution in [-0.4, -0.2) is 55.8 Å². The standard InChI is InChI=1S/C20H29N5O/c1-21-20(24(3)16-18-8-6-10-23(18)2)22-15-17-7-4-5-9-19(17)25-11-13-26-14-12-25/h4-10H,11-16H2,1-3H3,(H,21,22). The Morgan fingerprint density at radius 2 is 1.96 bits per heavy atom. The molecule has 1 fully saturated rings. The number of aliphatic imine (C=N–C) groups is 1. The third-order valence-corrected chi connectivity index (χ3v) is 4.80. The molecule has 0 atom stereocenters. The van der Waals surface area contributed by atoms with E-state index in [9.17, 15) is 0 Å². The van der Waals surface area contributed by atoms with Gasteiger partial charge in [-0.1, -0.05) is 18.2 Å². The summed E-state index contributed by atoms with van der Waals surface area (Å²) >= 11 is 0. The molecule has 1 aromatic carbocycles. The Morgan fingerprint density at radius 3 is 2.65 bits per heavy atom. The minimum Gasteiger partial charge on any atom is -0.378 e. The van der Waals surface area contributed by atoms with Gasteiger partial charge in [0.15, 0.2) is 5.96 Å². The second-order valence-corrected chi connectivity index (χ2v) is 6.60. The Balaban J connectivity index is 1.64. The van der Waals surface area contributed by atoms with Crippen molar-refractivity contribution in [1.82, 2.24) is 14.8 Å². The van der Waals surface area contributed by atoms with E-state index in [-0.39, 0.29) is 0 Å². The summed E-state index contributed by atoms with van der Waals surface area (Å²) in [5.41, 5.74) is 3.82. The predicted octanol–water partition coefficient (Wildman–Crippen LogP) is 2.07. The lowest BCUT2D eigenvalue weighted by Crippen LogP contribution is -2.39. The van der Waals surface area contributed by atoms with Gasteiger partial charge in [0.1, 0.15) is 0 Å². The summed E-state index contributed by atoms with van der Waals surface area (Å²) in [6.45, 7) is 5.04. The Kier molecular flexibility index (Phi) is 6.17. The van der Waals surface area contributed by atoms with Crippen molar-refractivity contribution in [2.24, 2.45) is 12.0 Å². The Morgan fingerprint density at radius 1 is 1.19 bits per heavy atom. The molecule has 6 heteroatoms. The Hall–Kier alpha value is -2.47. The molecule has 1 aliphatic heterocycles. The van der Waals surface area contributed by atoms with Gasteiger partial charge < -0.3 is 24.4 Å². The number of hydrogen-bond donors (Lipinski definition) is 1. The second kappa shape index (κ2) is 8.76. The highest BCUT2D eigenvalue weighted by molar-refractivity contribution is 5.79. The van der Waals surface area contributed by atoms with E-state index in [4.69, 9.17) is 4.74 Å². The van der Waals surface area contributed by atoms with E-state index < -0.39 is 0 Å². The van der Waals surface area contributed by atoms with E-state index in [1.165, 1.54) is 16.9 Å². The number of para-hydroxylation sites is 1. The average molecular weight is 355 g/mol. The lowest BCUT2D eigenvalue weighted by molar-refractivity contribution is 0.122. The number of aryl methyl sites for hydroxylation is 1. The molecule has 0 bridgehead atoms. The summed E-state index contributed by atoms with van der Waals surface area (Å²) in [7, 11) is 5.96. The van der Waals surface area contributed by atoms with Crippen LogP contribution in [0.4, 0.5) is 5.69 Å². The molecule has 0 aliphatic carbocycles. The Bertz CT molecular complexity index is 733. The van der Waals surface area contributed by atoms with E-state index in [2.05, 4.69) is 81.4 Å². The number of rotatable bonds is 5. The number of aromatic nitrogens is 1. The molecule has 1 aromatic heterocycles. The number of guanidine groups is 1. The lowest BCUT2D eigenvalue weighted by atomic mass is 10.1. The van der Waals surface area contributed by atoms with Gasteiger partial charge in [-0.05, 0) is 23.8 Å². The highest BCUT2D eigenvalue weighted by Crippen LogP contribution is 2.21. The van der Waals surface area contributed by atoms with Crippen molar-refractivity contribution in [3.05, 3.63) is 53.9 Å². The van der Waals surface area contributed by atoms with Crippen LogP contribution in [0.2, 0.25) is 0 Å². The number of ether oxygens (including phenoxy) is 1. The molecule has 0 radical (unpaired) electrons. The van der Waals surface area contributed by atoms with Gasteiger partial charge in [0, 0.05) is 58.4 Å². The van der Waals surface area contributed by atoms with Crippen molar-refractivity contribution >= 4 is 11.6 Å². The van der Waals surface area contributed by atoms with Gasteiger partial charge in [-0.3, -0.25) is 4.99 Å². The summed E-state index contributed by atoms with van der Waals surface area (Å²) in [4.78, 5) is 8.99. The number of anilines is 1. The van der Waals surface area contributed by atoms with Crippen molar-refractivity contribution < 1.29 is 4.74 Å². The monoisotopic (exact) mass is 355 g/mol. The third kappa shape index (κ3) is 4.38. The smallest absolute Gasteiger partial charge is 0.194 e. The first-order valence-electron chi connectivity index (χ1n) is 9.11. The van der Waals surface area contributed by atoms with E-state index in [0.717, 1.165) is 45.4 Å². The van der Waals surface area contributed by atoms with Gasteiger partial charge in [-0.25, -0.2) is 0 Å². The average Bonchev–Trinajstić information content (AvgIpc) is 3.08. The van der Waals surface area contributed by atoms with Crippen molar-refractivity contribution in [2.75, 3.05) is 45.3 Å². The third-order valence-electron chi connectivity index (χ3n) is 4.80. The maximum absolute atomic E-state index is 5.48. The SMILES string of the molecule is CN=C(NCc1ccccc1N1CCOCC1)N(C)Cc1cccn1C. The first-order valence-corrected chi connectivity index (χ1v) is 9.11. The minimum atomic E-state index is 0.748. The van der Waals surface area contributed by atoms with Crippen LogP contribution in [0.15, 0.2) is 47.6 Å². The number of benzene rings is 1. The summed E-state index contributed by atoms with van der Waals surface area (Å²) in [5.74, 6) is 0.892. The van der Waals surface area contributed by atoms with Crippen LogP contribution >= 0.6 is 0 Å². The first-order chi connectivity index (χ1) is 12.7. The van der Waals surface area contributed by atoms with Gasteiger partial charge in [0.05, 0.1) is 19.8 Å². The zero-order chi connectivity index (χ0) is 18.4. The summed E-state index contributed by atoms with van der Waals surface area (Å²) in [6, 6.07) is 12.8. The first kappa shape index (κ1) is 18.3. The lowest BCUT2D eigenvalue weighted by Gasteiger charge is -2.31. The summed E-state index contributed by atoms with van der Waals surface area (Å²) < 4.78 is 7.62. The van der Waals surface area contributed by atoms with Crippen LogP contribution in [0.3, 0.4) is 0 Å². The van der Waals surface area contributed by atoms with Crippen molar-refractivity contribution in [3.8, 4) is 0 Å². The van der Waals surface area contributed by atoms with Crippen LogP contribution in [-0.2, 0) is 24.9 Å². The molecular formula is C20H29N5O. The molecule has 2 heterocycles. The van der Waals surface area contributed by atoms with Gasteiger partial charge in [0.2, 0.25) is 0 Å².